The van der Waals surface area contributed by atoms with Gasteiger partial charge < -0.3 is 14.6 Å². The highest BCUT2D eigenvalue weighted by molar-refractivity contribution is 7.80. The molecule has 128 valence electrons. The molecule has 8 heteroatoms. The number of aromatic nitrogens is 2. The van der Waals surface area contributed by atoms with Crippen molar-refractivity contribution in [3.05, 3.63) is 35.9 Å². The first kappa shape index (κ1) is 17.9. The number of carbonyl (C=O) groups is 1. The number of anilines is 1. The smallest absolute Gasteiger partial charge is 0.262 e. The lowest BCUT2D eigenvalue weighted by atomic mass is 10.2. The van der Waals surface area contributed by atoms with Gasteiger partial charge in [0.2, 0.25) is 5.88 Å². The first-order valence-electron chi connectivity index (χ1n) is 7.72. The number of aryl methyl sites for hydroxylation is 1. The quantitative estimate of drug-likeness (QED) is 0.587. The highest BCUT2D eigenvalue weighted by Gasteiger charge is 2.14. The molecule has 0 aliphatic heterocycles. The van der Waals surface area contributed by atoms with Crippen molar-refractivity contribution in [3.63, 3.8) is 0 Å². The SMILES string of the molecule is CCCCCOc1ccc(NC(=S)NC(=O)c2cnoc2C)cn1. The van der Waals surface area contributed by atoms with E-state index in [1.54, 1.807) is 25.3 Å². The van der Waals surface area contributed by atoms with Gasteiger partial charge in [-0.05, 0) is 31.6 Å². The average molecular weight is 348 g/mol. The fourth-order valence-electron chi connectivity index (χ4n) is 1.92. The topological polar surface area (TPSA) is 89.3 Å². The van der Waals surface area contributed by atoms with E-state index in [0.29, 0.717) is 29.5 Å². The number of amides is 1. The molecule has 0 fully saturated rings. The van der Waals surface area contributed by atoms with Crippen LogP contribution in [0.5, 0.6) is 5.88 Å². The number of pyridine rings is 1. The highest BCUT2D eigenvalue weighted by Crippen LogP contribution is 2.12. The van der Waals surface area contributed by atoms with E-state index in [4.69, 9.17) is 21.5 Å². The highest BCUT2D eigenvalue weighted by atomic mass is 32.1. The average Bonchev–Trinajstić information content (AvgIpc) is 2.99. The van der Waals surface area contributed by atoms with Crippen molar-refractivity contribution in [3.8, 4) is 5.88 Å². The maximum Gasteiger partial charge on any atom is 0.262 e. The Kier molecular flexibility index (Phi) is 6.68. The van der Waals surface area contributed by atoms with Crippen LogP contribution in [0.4, 0.5) is 5.69 Å². The van der Waals surface area contributed by atoms with Crippen LogP contribution in [-0.4, -0.2) is 27.8 Å². The van der Waals surface area contributed by atoms with Crippen LogP contribution in [0.25, 0.3) is 0 Å². The maximum absolute atomic E-state index is 12.0. The van der Waals surface area contributed by atoms with E-state index in [9.17, 15) is 4.79 Å². The third-order valence-electron chi connectivity index (χ3n) is 3.21. The zero-order valence-corrected chi connectivity index (χ0v) is 14.5. The summed E-state index contributed by atoms with van der Waals surface area (Å²) < 4.78 is 10.4. The zero-order valence-electron chi connectivity index (χ0n) is 13.7. The van der Waals surface area contributed by atoms with E-state index in [1.165, 1.54) is 6.20 Å². The normalized spacial score (nSPS) is 10.2. The summed E-state index contributed by atoms with van der Waals surface area (Å²) in [5, 5.41) is 9.17. The molecule has 0 aliphatic rings. The number of ether oxygens (including phenoxy) is 1. The van der Waals surface area contributed by atoms with Crippen LogP contribution < -0.4 is 15.4 Å². The van der Waals surface area contributed by atoms with Crippen molar-refractivity contribution in [2.24, 2.45) is 0 Å². The van der Waals surface area contributed by atoms with Gasteiger partial charge in [0, 0.05) is 6.07 Å². The Bertz CT molecular complexity index is 685. The molecule has 0 saturated heterocycles. The van der Waals surface area contributed by atoms with Gasteiger partial charge in [-0.15, -0.1) is 0 Å². The van der Waals surface area contributed by atoms with Gasteiger partial charge in [-0.3, -0.25) is 10.1 Å². The molecule has 0 atom stereocenters. The fourth-order valence-corrected chi connectivity index (χ4v) is 2.13. The summed E-state index contributed by atoms with van der Waals surface area (Å²) >= 11 is 5.11. The van der Waals surface area contributed by atoms with E-state index in [2.05, 4.69) is 27.7 Å². The number of nitrogens with one attached hydrogen (secondary N) is 2. The van der Waals surface area contributed by atoms with Crippen LogP contribution in [0.2, 0.25) is 0 Å². The van der Waals surface area contributed by atoms with E-state index in [0.717, 1.165) is 19.3 Å². The molecule has 0 aromatic carbocycles. The van der Waals surface area contributed by atoms with Gasteiger partial charge in [0.1, 0.15) is 11.3 Å². The minimum Gasteiger partial charge on any atom is -0.478 e. The molecule has 0 unspecified atom stereocenters. The molecule has 2 rings (SSSR count). The summed E-state index contributed by atoms with van der Waals surface area (Å²) in [6, 6.07) is 3.54. The monoisotopic (exact) mass is 348 g/mol. The molecule has 2 aromatic rings. The van der Waals surface area contributed by atoms with E-state index < -0.39 is 0 Å². The van der Waals surface area contributed by atoms with Gasteiger partial charge in [0.05, 0.1) is 24.7 Å². The van der Waals surface area contributed by atoms with Crippen LogP contribution >= 0.6 is 12.2 Å². The molecule has 0 radical (unpaired) electrons. The molecule has 2 aromatic heterocycles. The molecule has 0 spiro atoms. The second-order valence-corrected chi connectivity index (χ2v) is 5.55. The second kappa shape index (κ2) is 8.97. The molecule has 2 N–H and O–H groups in total. The minimum atomic E-state index is -0.380. The Morgan fingerprint density at radius 3 is 2.79 bits per heavy atom. The predicted octanol–water partition coefficient (Wildman–Crippen LogP) is 3.07. The summed E-state index contributed by atoms with van der Waals surface area (Å²) in [4.78, 5) is 16.2. The van der Waals surface area contributed by atoms with Gasteiger partial charge in [-0.2, -0.15) is 0 Å². The molecule has 0 aliphatic carbocycles. The predicted molar refractivity (Wildman–Crippen MR) is 94.2 cm³/mol. The van der Waals surface area contributed by atoms with Crippen LogP contribution in [0.15, 0.2) is 29.0 Å². The summed E-state index contributed by atoms with van der Waals surface area (Å²) in [6.45, 7) is 4.45. The lowest BCUT2D eigenvalue weighted by Gasteiger charge is -2.09. The summed E-state index contributed by atoms with van der Waals surface area (Å²) in [7, 11) is 0. The molecule has 1 amide bonds. The Labute approximate surface area is 145 Å². The van der Waals surface area contributed by atoms with E-state index in [-0.39, 0.29) is 11.0 Å². The molecular formula is C16H20N4O3S. The third-order valence-corrected chi connectivity index (χ3v) is 3.42. The summed E-state index contributed by atoms with van der Waals surface area (Å²) in [5.41, 5.74) is 0.997. The van der Waals surface area contributed by atoms with Crippen molar-refractivity contribution < 1.29 is 14.1 Å². The number of unbranched alkanes of at least 4 members (excludes halogenated alkanes) is 2. The van der Waals surface area contributed by atoms with Gasteiger partial charge in [-0.1, -0.05) is 24.9 Å². The van der Waals surface area contributed by atoms with Crippen molar-refractivity contribution in [1.82, 2.24) is 15.5 Å². The molecule has 7 nitrogen and oxygen atoms in total. The summed E-state index contributed by atoms with van der Waals surface area (Å²) in [5.74, 6) is 0.614. The molecule has 24 heavy (non-hydrogen) atoms. The van der Waals surface area contributed by atoms with Crippen LogP contribution in [-0.2, 0) is 0 Å². The van der Waals surface area contributed by atoms with Gasteiger partial charge in [0.25, 0.3) is 5.91 Å². The van der Waals surface area contributed by atoms with Crippen molar-refractivity contribution >= 4 is 28.9 Å². The van der Waals surface area contributed by atoms with Gasteiger partial charge in [0.15, 0.2) is 5.11 Å². The molecule has 2 heterocycles. The number of nitrogens with zero attached hydrogens (tertiary/aromatic N) is 2. The Hall–Kier alpha value is -2.48. The zero-order chi connectivity index (χ0) is 17.4. The number of rotatable bonds is 7. The van der Waals surface area contributed by atoms with Crippen molar-refractivity contribution in [1.29, 1.82) is 0 Å². The minimum absolute atomic E-state index is 0.166. The van der Waals surface area contributed by atoms with Crippen LogP contribution in [0, 0.1) is 6.92 Å². The molecule has 0 saturated carbocycles. The third kappa shape index (κ3) is 5.31. The van der Waals surface area contributed by atoms with E-state index in [1.807, 2.05) is 0 Å². The lowest BCUT2D eigenvalue weighted by Crippen LogP contribution is -2.34. The van der Waals surface area contributed by atoms with Crippen molar-refractivity contribution in [2.75, 3.05) is 11.9 Å². The Balaban J connectivity index is 1.81. The number of hydrogen-bond donors (Lipinski definition) is 2. The van der Waals surface area contributed by atoms with Crippen LogP contribution in [0.3, 0.4) is 0 Å². The largest absolute Gasteiger partial charge is 0.478 e. The van der Waals surface area contributed by atoms with E-state index >= 15 is 0 Å². The maximum atomic E-state index is 12.0. The standard InChI is InChI=1S/C16H20N4O3S/c1-3-4-5-8-22-14-7-6-12(9-17-14)19-16(24)20-15(21)13-10-18-23-11(13)2/h6-7,9-10H,3-5,8H2,1-2H3,(H2,19,20,21,24). The second-order valence-electron chi connectivity index (χ2n) is 5.14. The number of carbonyl (C=O) groups excluding carboxylic acids is 1. The molecule has 0 bridgehead atoms. The van der Waals surface area contributed by atoms with Gasteiger partial charge >= 0.3 is 0 Å². The number of thiocarbonyl (C=S) groups is 1. The Morgan fingerprint density at radius 2 is 2.17 bits per heavy atom. The first-order chi connectivity index (χ1) is 11.6. The number of hydrogen-bond acceptors (Lipinski definition) is 6. The van der Waals surface area contributed by atoms with Crippen LogP contribution in [0.1, 0.15) is 42.3 Å². The van der Waals surface area contributed by atoms with Crippen molar-refractivity contribution in [2.45, 2.75) is 33.1 Å². The molecular weight excluding hydrogens is 328 g/mol. The Morgan fingerprint density at radius 1 is 1.33 bits per heavy atom. The van der Waals surface area contributed by atoms with Gasteiger partial charge in [-0.25, -0.2) is 4.98 Å². The lowest BCUT2D eigenvalue weighted by molar-refractivity contribution is 0.0976. The summed E-state index contributed by atoms with van der Waals surface area (Å²) in [6.07, 6.45) is 6.24. The fraction of sp³-hybridized carbons (Fsp3) is 0.375. The first-order valence-corrected chi connectivity index (χ1v) is 8.13.